The standard InChI is InChI=1S/C18H17BrO4S/c1-21-16-11-7-13(17(22-2)18(16)23-3)6-10-15(20)12-4-8-14(24-19)9-5-12/h4-11H,1-3H3. The van der Waals surface area contributed by atoms with E-state index in [0.29, 0.717) is 22.8 Å². The Morgan fingerprint density at radius 1 is 0.958 bits per heavy atom. The maximum Gasteiger partial charge on any atom is 0.203 e. The van der Waals surface area contributed by atoms with Crippen molar-refractivity contribution in [2.75, 3.05) is 21.3 Å². The maximum absolute atomic E-state index is 12.3. The molecule has 4 nitrogen and oxygen atoms in total. The Kier molecular flexibility index (Phi) is 6.75. The number of benzene rings is 2. The summed E-state index contributed by atoms with van der Waals surface area (Å²) in [5.74, 6) is 1.50. The van der Waals surface area contributed by atoms with E-state index in [-0.39, 0.29) is 5.78 Å². The van der Waals surface area contributed by atoms with Gasteiger partial charge in [-0.05, 0) is 73.6 Å². The van der Waals surface area contributed by atoms with E-state index in [4.69, 9.17) is 14.2 Å². The van der Waals surface area contributed by atoms with Crippen LogP contribution in [0.4, 0.5) is 0 Å². The molecule has 126 valence electrons. The van der Waals surface area contributed by atoms with Crippen LogP contribution in [0.1, 0.15) is 15.9 Å². The van der Waals surface area contributed by atoms with Gasteiger partial charge >= 0.3 is 0 Å². The van der Waals surface area contributed by atoms with Crippen LogP contribution in [0.3, 0.4) is 0 Å². The monoisotopic (exact) mass is 408 g/mol. The van der Waals surface area contributed by atoms with Gasteiger partial charge in [-0.2, -0.15) is 0 Å². The molecule has 2 aromatic carbocycles. The topological polar surface area (TPSA) is 44.8 Å². The van der Waals surface area contributed by atoms with Gasteiger partial charge in [0.05, 0.1) is 21.3 Å². The predicted octanol–water partition coefficient (Wildman–Crippen LogP) is 5.01. The van der Waals surface area contributed by atoms with Crippen molar-refractivity contribution in [2.45, 2.75) is 4.90 Å². The first kappa shape index (κ1) is 18.4. The zero-order valence-corrected chi connectivity index (χ0v) is 15.9. The van der Waals surface area contributed by atoms with E-state index in [1.54, 1.807) is 45.6 Å². The molecule has 2 aromatic rings. The molecule has 0 saturated carbocycles. The molecule has 0 radical (unpaired) electrons. The van der Waals surface area contributed by atoms with E-state index >= 15 is 0 Å². The van der Waals surface area contributed by atoms with Crippen molar-refractivity contribution >= 4 is 36.9 Å². The van der Waals surface area contributed by atoms with Crippen LogP contribution < -0.4 is 14.2 Å². The number of ether oxygens (including phenoxy) is 3. The molecule has 0 spiro atoms. The minimum atomic E-state index is -0.0852. The summed E-state index contributed by atoms with van der Waals surface area (Å²) in [7, 11) is 6.11. The number of carbonyl (C=O) groups excluding carboxylic acids is 1. The van der Waals surface area contributed by atoms with Crippen LogP contribution >= 0.6 is 25.0 Å². The van der Waals surface area contributed by atoms with Crippen LogP contribution in [0.2, 0.25) is 0 Å². The van der Waals surface area contributed by atoms with E-state index in [0.717, 1.165) is 10.5 Å². The van der Waals surface area contributed by atoms with Gasteiger partial charge < -0.3 is 14.2 Å². The fraction of sp³-hybridized carbons (Fsp3) is 0.167. The molecule has 0 N–H and O–H groups in total. The molecule has 0 atom stereocenters. The molecule has 0 saturated heterocycles. The van der Waals surface area contributed by atoms with Crippen molar-refractivity contribution in [1.29, 1.82) is 0 Å². The summed E-state index contributed by atoms with van der Waals surface area (Å²) >= 11 is 3.30. The van der Waals surface area contributed by atoms with Gasteiger partial charge in [0.25, 0.3) is 0 Å². The SMILES string of the molecule is COc1ccc(C=CC(=O)c2ccc(SBr)cc2)c(OC)c1OC. The molecule has 0 aliphatic rings. The van der Waals surface area contributed by atoms with Gasteiger partial charge in [0.2, 0.25) is 5.75 Å². The van der Waals surface area contributed by atoms with Crippen LogP contribution in [0.15, 0.2) is 47.4 Å². The second-order valence-corrected chi connectivity index (χ2v) is 6.32. The molecule has 0 aliphatic heterocycles. The summed E-state index contributed by atoms with van der Waals surface area (Å²) in [6, 6.07) is 10.9. The number of hydrogen-bond acceptors (Lipinski definition) is 5. The number of methoxy groups -OCH3 is 3. The quantitative estimate of drug-likeness (QED) is 0.475. The normalized spacial score (nSPS) is 10.7. The molecule has 0 heterocycles. The third-order valence-corrected chi connectivity index (χ3v) is 4.95. The predicted molar refractivity (Wildman–Crippen MR) is 101 cm³/mol. The second-order valence-electron chi connectivity index (χ2n) is 4.72. The number of hydrogen-bond donors (Lipinski definition) is 0. The van der Waals surface area contributed by atoms with E-state index in [1.165, 1.54) is 16.3 Å². The second kappa shape index (κ2) is 8.80. The molecule has 0 bridgehead atoms. The van der Waals surface area contributed by atoms with Crippen LogP contribution in [-0.2, 0) is 0 Å². The molecule has 0 aliphatic carbocycles. The van der Waals surface area contributed by atoms with Gasteiger partial charge in [0, 0.05) is 16.0 Å². The van der Waals surface area contributed by atoms with E-state index in [1.807, 2.05) is 18.2 Å². The van der Waals surface area contributed by atoms with Crippen molar-refractivity contribution in [2.24, 2.45) is 0 Å². The number of carbonyl (C=O) groups is 1. The lowest BCUT2D eigenvalue weighted by molar-refractivity contribution is 0.104. The summed E-state index contributed by atoms with van der Waals surface area (Å²) in [6.45, 7) is 0. The van der Waals surface area contributed by atoms with Crippen molar-refractivity contribution in [3.63, 3.8) is 0 Å². The summed E-state index contributed by atoms with van der Waals surface area (Å²) in [5.41, 5.74) is 1.35. The summed E-state index contributed by atoms with van der Waals surface area (Å²) < 4.78 is 16.0. The molecular formula is C18H17BrO4S. The van der Waals surface area contributed by atoms with Crippen molar-refractivity contribution < 1.29 is 19.0 Å². The lowest BCUT2D eigenvalue weighted by atomic mass is 10.1. The Morgan fingerprint density at radius 3 is 2.17 bits per heavy atom. The molecular weight excluding hydrogens is 392 g/mol. The average Bonchev–Trinajstić information content (AvgIpc) is 2.64. The molecule has 6 heteroatoms. The number of ketones is 1. The minimum absolute atomic E-state index is 0.0852. The smallest absolute Gasteiger partial charge is 0.203 e. The highest BCUT2D eigenvalue weighted by Crippen LogP contribution is 2.40. The lowest BCUT2D eigenvalue weighted by Crippen LogP contribution is -1.97. The third-order valence-electron chi connectivity index (χ3n) is 3.38. The van der Waals surface area contributed by atoms with Crippen LogP contribution in [0.5, 0.6) is 17.2 Å². The summed E-state index contributed by atoms with van der Waals surface area (Å²) in [6.07, 6.45) is 3.22. The Bertz CT molecular complexity index is 741. The highest BCUT2D eigenvalue weighted by Gasteiger charge is 2.14. The molecule has 0 fully saturated rings. The fourth-order valence-corrected chi connectivity index (χ4v) is 3.07. The minimum Gasteiger partial charge on any atom is -0.493 e. The molecule has 2 rings (SSSR count). The van der Waals surface area contributed by atoms with Gasteiger partial charge in [-0.25, -0.2) is 0 Å². The van der Waals surface area contributed by atoms with Crippen molar-refractivity contribution in [3.8, 4) is 17.2 Å². The first-order chi connectivity index (χ1) is 11.6. The van der Waals surface area contributed by atoms with E-state index < -0.39 is 0 Å². The Morgan fingerprint density at radius 2 is 1.62 bits per heavy atom. The van der Waals surface area contributed by atoms with Crippen LogP contribution in [0, 0.1) is 0 Å². The van der Waals surface area contributed by atoms with E-state index in [9.17, 15) is 4.79 Å². The number of rotatable bonds is 7. The van der Waals surface area contributed by atoms with Gasteiger partial charge in [0.15, 0.2) is 17.3 Å². The van der Waals surface area contributed by atoms with E-state index in [2.05, 4.69) is 14.8 Å². The lowest BCUT2D eigenvalue weighted by Gasteiger charge is -2.13. The average molecular weight is 409 g/mol. The third kappa shape index (κ3) is 4.13. The Hall–Kier alpha value is -1.92. The highest BCUT2D eigenvalue weighted by molar-refractivity contribution is 9.50. The molecule has 24 heavy (non-hydrogen) atoms. The van der Waals surface area contributed by atoms with Gasteiger partial charge in [-0.3, -0.25) is 4.79 Å². The summed E-state index contributed by atoms with van der Waals surface area (Å²) in [5, 5.41) is 0. The van der Waals surface area contributed by atoms with Crippen molar-refractivity contribution in [3.05, 3.63) is 53.6 Å². The zero-order chi connectivity index (χ0) is 17.5. The number of halogens is 1. The first-order valence-corrected chi connectivity index (χ1v) is 9.70. The van der Waals surface area contributed by atoms with Crippen LogP contribution in [0.25, 0.3) is 6.08 Å². The van der Waals surface area contributed by atoms with Gasteiger partial charge in [0.1, 0.15) is 0 Å². The maximum atomic E-state index is 12.3. The zero-order valence-electron chi connectivity index (χ0n) is 13.5. The number of allylic oxidation sites excluding steroid dienone is 1. The van der Waals surface area contributed by atoms with Gasteiger partial charge in [-0.15, -0.1) is 0 Å². The largest absolute Gasteiger partial charge is 0.493 e. The summed E-state index contributed by atoms with van der Waals surface area (Å²) in [4.78, 5) is 13.3. The fourth-order valence-electron chi connectivity index (χ4n) is 2.19. The van der Waals surface area contributed by atoms with Crippen molar-refractivity contribution in [1.82, 2.24) is 0 Å². The Labute approximate surface area is 153 Å². The molecule has 0 aromatic heterocycles. The van der Waals surface area contributed by atoms with Crippen LogP contribution in [-0.4, -0.2) is 27.1 Å². The molecule has 0 amide bonds. The first-order valence-electron chi connectivity index (χ1n) is 7.04. The highest BCUT2D eigenvalue weighted by atomic mass is 79.9. The Balaban J connectivity index is 2.28. The van der Waals surface area contributed by atoms with Gasteiger partial charge in [-0.1, -0.05) is 0 Å². The molecule has 0 unspecified atom stereocenters.